The van der Waals surface area contributed by atoms with Gasteiger partial charge in [-0.2, -0.15) is 0 Å². The molecule has 0 spiro atoms. The summed E-state index contributed by atoms with van der Waals surface area (Å²) in [5, 5.41) is 11.7. The van der Waals surface area contributed by atoms with Gasteiger partial charge in [-0.3, -0.25) is 14.5 Å². The molecule has 0 aliphatic carbocycles. The SMILES string of the molecule is COc1ccc(/C(O)=C2/C(=O)C(=O)N(c3cc(Cl)ccc3C)C2c2ccco2)cc1Cl. The number of rotatable bonds is 4. The van der Waals surface area contributed by atoms with Crippen LogP contribution < -0.4 is 9.64 Å². The molecular weight excluding hydrogens is 441 g/mol. The van der Waals surface area contributed by atoms with Crippen molar-refractivity contribution in [3.63, 3.8) is 0 Å². The number of aryl methyl sites for hydroxylation is 1. The number of benzene rings is 2. The highest BCUT2D eigenvalue weighted by Crippen LogP contribution is 2.44. The van der Waals surface area contributed by atoms with Crippen LogP contribution in [-0.2, 0) is 9.59 Å². The van der Waals surface area contributed by atoms with Crippen molar-refractivity contribution in [3.05, 3.63) is 87.3 Å². The third-order valence-electron chi connectivity index (χ3n) is 5.11. The molecule has 1 aliphatic heterocycles. The number of carbonyl (C=O) groups excluding carboxylic acids is 2. The number of Topliss-reactive ketones (excluding diaryl/α,β-unsaturated/α-hetero) is 1. The first kappa shape index (κ1) is 21.0. The van der Waals surface area contributed by atoms with Crippen molar-refractivity contribution in [1.29, 1.82) is 0 Å². The molecule has 0 saturated carbocycles. The molecule has 1 amide bonds. The van der Waals surface area contributed by atoms with Crippen molar-refractivity contribution >= 4 is 46.3 Å². The number of methoxy groups -OCH3 is 1. The Bertz CT molecular complexity index is 1220. The van der Waals surface area contributed by atoms with Crippen LogP contribution in [-0.4, -0.2) is 23.9 Å². The molecule has 31 heavy (non-hydrogen) atoms. The molecule has 1 aromatic heterocycles. The van der Waals surface area contributed by atoms with Gasteiger partial charge in [0, 0.05) is 16.3 Å². The largest absolute Gasteiger partial charge is 0.507 e. The fourth-order valence-electron chi connectivity index (χ4n) is 3.61. The zero-order valence-electron chi connectivity index (χ0n) is 16.6. The molecule has 2 heterocycles. The average Bonchev–Trinajstić information content (AvgIpc) is 3.36. The van der Waals surface area contributed by atoms with Gasteiger partial charge < -0.3 is 14.3 Å². The summed E-state index contributed by atoms with van der Waals surface area (Å²) in [6.07, 6.45) is 1.44. The smallest absolute Gasteiger partial charge is 0.300 e. The van der Waals surface area contributed by atoms with Gasteiger partial charge in [0.1, 0.15) is 23.3 Å². The van der Waals surface area contributed by atoms with Crippen molar-refractivity contribution in [2.45, 2.75) is 13.0 Å². The monoisotopic (exact) mass is 457 g/mol. The average molecular weight is 458 g/mol. The van der Waals surface area contributed by atoms with Crippen LogP contribution in [0.1, 0.15) is 22.9 Å². The molecule has 1 aliphatic rings. The second-order valence-corrected chi connectivity index (χ2v) is 7.81. The van der Waals surface area contributed by atoms with E-state index in [0.29, 0.717) is 22.2 Å². The number of anilines is 1. The van der Waals surface area contributed by atoms with Crippen molar-refractivity contribution < 1.29 is 23.8 Å². The van der Waals surface area contributed by atoms with Gasteiger partial charge in [-0.25, -0.2) is 0 Å². The molecular formula is C23H17Cl2NO5. The Kier molecular flexibility index (Phi) is 5.52. The van der Waals surface area contributed by atoms with E-state index in [9.17, 15) is 14.7 Å². The maximum absolute atomic E-state index is 13.1. The molecule has 3 aromatic rings. The lowest BCUT2D eigenvalue weighted by atomic mass is 9.99. The van der Waals surface area contributed by atoms with Crippen LogP contribution in [0.15, 0.2) is 64.8 Å². The molecule has 8 heteroatoms. The fourth-order valence-corrected chi connectivity index (χ4v) is 4.03. The van der Waals surface area contributed by atoms with Gasteiger partial charge in [0.05, 0.1) is 24.0 Å². The second kappa shape index (κ2) is 8.13. The number of furan rings is 1. The summed E-state index contributed by atoms with van der Waals surface area (Å²) in [7, 11) is 1.47. The molecule has 1 fully saturated rings. The number of ether oxygens (including phenoxy) is 1. The van der Waals surface area contributed by atoms with Crippen LogP contribution in [0.5, 0.6) is 5.75 Å². The number of carbonyl (C=O) groups is 2. The third-order valence-corrected chi connectivity index (χ3v) is 5.64. The van der Waals surface area contributed by atoms with E-state index in [1.165, 1.54) is 24.3 Å². The predicted octanol–water partition coefficient (Wildman–Crippen LogP) is 5.53. The number of halogens is 2. The Balaban J connectivity index is 1.94. The Morgan fingerprint density at radius 3 is 2.55 bits per heavy atom. The Morgan fingerprint density at radius 2 is 1.90 bits per heavy atom. The molecule has 1 N–H and O–H groups in total. The number of amides is 1. The maximum atomic E-state index is 13.1. The van der Waals surface area contributed by atoms with E-state index < -0.39 is 17.7 Å². The Morgan fingerprint density at radius 1 is 1.13 bits per heavy atom. The normalized spacial score (nSPS) is 17.9. The van der Waals surface area contributed by atoms with Gasteiger partial charge in [0.15, 0.2) is 0 Å². The minimum Gasteiger partial charge on any atom is -0.507 e. The number of nitrogens with zero attached hydrogens (tertiary/aromatic N) is 1. The van der Waals surface area contributed by atoms with Crippen molar-refractivity contribution in [2.75, 3.05) is 12.0 Å². The van der Waals surface area contributed by atoms with E-state index in [0.717, 1.165) is 5.56 Å². The lowest BCUT2D eigenvalue weighted by Crippen LogP contribution is -2.30. The highest BCUT2D eigenvalue weighted by atomic mass is 35.5. The summed E-state index contributed by atoms with van der Waals surface area (Å²) in [6, 6.07) is 11.9. The molecule has 6 nitrogen and oxygen atoms in total. The Labute approximate surface area is 188 Å². The first-order valence-corrected chi connectivity index (χ1v) is 10.0. The highest BCUT2D eigenvalue weighted by Gasteiger charge is 2.48. The van der Waals surface area contributed by atoms with Crippen LogP contribution in [0, 0.1) is 6.92 Å². The first-order valence-electron chi connectivity index (χ1n) is 9.28. The van der Waals surface area contributed by atoms with Crippen molar-refractivity contribution in [2.24, 2.45) is 0 Å². The van der Waals surface area contributed by atoms with Gasteiger partial charge in [-0.1, -0.05) is 29.3 Å². The van der Waals surface area contributed by atoms with E-state index in [-0.39, 0.29) is 21.9 Å². The molecule has 0 bridgehead atoms. The topological polar surface area (TPSA) is 80.0 Å². The first-order chi connectivity index (χ1) is 14.8. The maximum Gasteiger partial charge on any atom is 0.300 e. The highest BCUT2D eigenvalue weighted by molar-refractivity contribution is 6.52. The van der Waals surface area contributed by atoms with Gasteiger partial charge in [0.2, 0.25) is 0 Å². The zero-order chi connectivity index (χ0) is 22.3. The number of hydrogen-bond acceptors (Lipinski definition) is 5. The second-order valence-electron chi connectivity index (χ2n) is 6.96. The van der Waals surface area contributed by atoms with Crippen LogP contribution in [0.25, 0.3) is 5.76 Å². The van der Waals surface area contributed by atoms with Crippen LogP contribution in [0.3, 0.4) is 0 Å². The lowest BCUT2D eigenvalue weighted by molar-refractivity contribution is -0.132. The summed E-state index contributed by atoms with van der Waals surface area (Å²) >= 11 is 12.3. The van der Waals surface area contributed by atoms with Crippen LogP contribution in [0.4, 0.5) is 5.69 Å². The summed E-state index contributed by atoms with van der Waals surface area (Å²) < 4.78 is 10.7. The molecule has 1 atom stereocenters. The standard InChI is InChI=1S/C23H17Cl2NO5/c1-12-5-7-14(24)11-16(12)26-20(18-4-3-9-31-18)19(22(28)23(26)29)21(27)13-6-8-17(30-2)15(25)10-13/h3-11,20,27H,1-2H3/b21-19-. The van der Waals surface area contributed by atoms with Gasteiger partial charge in [-0.05, 0) is 55.0 Å². The molecule has 1 saturated heterocycles. The molecule has 1 unspecified atom stereocenters. The number of aliphatic hydroxyl groups excluding tert-OH is 1. The van der Waals surface area contributed by atoms with E-state index in [1.807, 2.05) is 0 Å². The molecule has 2 aromatic carbocycles. The number of hydrogen-bond donors (Lipinski definition) is 1. The number of aliphatic hydroxyl groups is 1. The lowest BCUT2D eigenvalue weighted by Gasteiger charge is -2.25. The van der Waals surface area contributed by atoms with E-state index in [2.05, 4.69) is 0 Å². The fraction of sp³-hybridized carbons (Fsp3) is 0.130. The minimum absolute atomic E-state index is 0.111. The summed E-state index contributed by atoms with van der Waals surface area (Å²) in [5.74, 6) is -1.28. The predicted molar refractivity (Wildman–Crippen MR) is 118 cm³/mol. The van der Waals surface area contributed by atoms with Crippen molar-refractivity contribution in [3.8, 4) is 5.75 Å². The van der Waals surface area contributed by atoms with Gasteiger partial charge in [-0.15, -0.1) is 0 Å². The van der Waals surface area contributed by atoms with E-state index in [4.69, 9.17) is 32.4 Å². The zero-order valence-corrected chi connectivity index (χ0v) is 18.1. The van der Waals surface area contributed by atoms with Gasteiger partial charge in [0.25, 0.3) is 11.7 Å². The van der Waals surface area contributed by atoms with Crippen molar-refractivity contribution in [1.82, 2.24) is 0 Å². The van der Waals surface area contributed by atoms with E-state index in [1.54, 1.807) is 49.4 Å². The third kappa shape index (κ3) is 3.58. The van der Waals surface area contributed by atoms with Crippen LogP contribution in [0.2, 0.25) is 10.0 Å². The Hall–Kier alpha value is -3.22. The summed E-state index contributed by atoms with van der Waals surface area (Å²) in [4.78, 5) is 27.5. The molecule has 4 rings (SSSR count). The minimum atomic E-state index is -0.979. The molecule has 158 valence electrons. The van der Waals surface area contributed by atoms with E-state index >= 15 is 0 Å². The summed E-state index contributed by atoms with van der Waals surface area (Å²) in [6.45, 7) is 1.80. The molecule has 0 radical (unpaired) electrons. The number of ketones is 1. The quantitative estimate of drug-likeness (QED) is 0.316. The van der Waals surface area contributed by atoms with Crippen LogP contribution >= 0.6 is 23.2 Å². The van der Waals surface area contributed by atoms with Gasteiger partial charge >= 0.3 is 0 Å². The summed E-state index contributed by atoms with van der Waals surface area (Å²) in [5.41, 5.74) is 1.34.